The molecular weight excluding hydrogens is 684 g/mol. The van der Waals surface area contributed by atoms with Gasteiger partial charge in [0.2, 0.25) is 5.88 Å². The number of halogens is 4. The Morgan fingerprint density at radius 3 is 2.52 bits per heavy atom. The number of piperazine rings is 1. The Labute approximate surface area is 258 Å². The van der Waals surface area contributed by atoms with Gasteiger partial charge in [-0.05, 0) is 76.3 Å². The lowest BCUT2D eigenvalue weighted by molar-refractivity contribution is 0.000952. The van der Waals surface area contributed by atoms with Crippen LogP contribution in [0.1, 0.15) is 46.1 Å². The summed E-state index contributed by atoms with van der Waals surface area (Å²) in [5, 5.41) is 0.565. The number of benzene rings is 1. The second-order valence-electron chi connectivity index (χ2n) is 11.8. The highest BCUT2D eigenvalue weighted by molar-refractivity contribution is 14.1. The lowest BCUT2D eigenvalue weighted by atomic mass is 9.98. The topological polar surface area (TPSA) is 107 Å². The van der Waals surface area contributed by atoms with Crippen molar-refractivity contribution >= 4 is 62.9 Å². The van der Waals surface area contributed by atoms with Crippen LogP contribution in [0.2, 0.25) is 0 Å². The van der Waals surface area contributed by atoms with Crippen molar-refractivity contribution in [2.24, 2.45) is 0 Å². The highest BCUT2D eigenvalue weighted by Crippen LogP contribution is 2.47. The minimum atomic E-state index is -1.11. The molecule has 42 heavy (non-hydrogen) atoms. The van der Waals surface area contributed by atoms with E-state index >= 15 is 8.78 Å². The van der Waals surface area contributed by atoms with E-state index in [2.05, 4.69) is 14.9 Å². The summed E-state index contributed by atoms with van der Waals surface area (Å²) in [5.74, 6) is -2.43. The Hall–Kier alpha value is -2.75. The standard InChI is InChI=1S/C28H30F3IN6O3S/c1-10-16(29)20(33)17(30)14(19(10)32)21-18(31)22-15-24(36-26(35-22)42-6)37-9-12-7-8-13(23(37)11(2)40-25(15)34-21)38(12)27(39)41-28(3,4)5/h11-13,23H,7-9,33H2,1-6H3/t11-,12+,13-,23+/m0/s1. The van der Waals surface area contributed by atoms with Crippen molar-refractivity contribution in [3.63, 3.8) is 0 Å². The molecule has 3 aliphatic heterocycles. The molecule has 2 saturated heterocycles. The average Bonchev–Trinajstić information content (AvgIpc) is 3.18. The maximum atomic E-state index is 16.5. The fourth-order valence-corrected chi connectivity index (χ4v) is 7.39. The molecule has 3 aliphatic rings. The van der Waals surface area contributed by atoms with Crippen LogP contribution in [0.5, 0.6) is 5.88 Å². The third kappa shape index (κ3) is 4.42. The fourth-order valence-electron chi connectivity index (χ4n) is 6.30. The first-order valence-corrected chi connectivity index (χ1v) is 15.9. The number of hydrogen-bond acceptors (Lipinski definition) is 9. The maximum absolute atomic E-state index is 16.5. The lowest BCUT2D eigenvalue weighted by Gasteiger charge is -2.48. The third-order valence-electron chi connectivity index (χ3n) is 8.06. The summed E-state index contributed by atoms with van der Waals surface area (Å²) < 4.78 is 58.8. The van der Waals surface area contributed by atoms with Crippen molar-refractivity contribution < 1.29 is 27.4 Å². The number of nitrogens with zero attached hydrogens (tertiary/aromatic N) is 5. The molecule has 0 saturated carbocycles. The summed E-state index contributed by atoms with van der Waals surface area (Å²) >= 11 is 3.00. The maximum Gasteiger partial charge on any atom is 0.410 e. The summed E-state index contributed by atoms with van der Waals surface area (Å²) in [4.78, 5) is 30.9. The number of fused-ring (bicyclic) bond motifs is 5. The van der Waals surface area contributed by atoms with Crippen molar-refractivity contribution in [2.75, 3.05) is 23.4 Å². The van der Waals surface area contributed by atoms with E-state index in [0.717, 1.165) is 12.8 Å². The van der Waals surface area contributed by atoms with E-state index in [1.54, 1.807) is 33.7 Å². The number of hydrogen-bond donors (Lipinski definition) is 1. The Balaban J connectivity index is 1.55. The average molecular weight is 715 g/mol. The molecule has 9 nitrogen and oxygen atoms in total. The zero-order chi connectivity index (χ0) is 30.4. The molecule has 0 radical (unpaired) electrons. The summed E-state index contributed by atoms with van der Waals surface area (Å²) in [7, 11) is 0. The van der Waals surface area contributed by atoms with Gasteiger partial charge in [-0.15, -0.1) is 0 Å². The zero-order valence-corrected chi connectivity index (χ0v) is 26.9. The molecule has 5 heterocycles. The van der Waals surface area contributed by atoms with Crippen LogP contribution >= 0.6 is 34.4 Å². The Morgan fingerprint density at radius 1 is 1.14 bits per heavy atom. The number of ether oxygens (including phenoxy) is 2. The zero-order valence-electron chi connectivity index (χ0n) is 23.9. The predicted octanol–water partition coefficient (Wildman–Crippen LogP) is 6.06. The number of nitrogens with two attached hydrogens (primary N) is 1. The molecule has 2 aromatic heterocycles. The molecule has 2 bridgehead atoms. The molecule has 2 N–H and O–H groups in total. The molecule has 1 amide bonds. The fraction of sp³-hybridized carbons (Fsp3) is 0.500. The number of carbonyl (C=O) groups excluding carboxylic acids is 1. The molecule has 1 aromatic carbocycles. The summed E-state index contributed by atoms with van der Waals surface area (Å²) in [6, 6.07) is -0.756. The van der Waals surface area contributed by atoms with E-state index in [9.17, 15) is 9.18 Å². The number of rotatable bonds is 2. The van der Waals surface area contributed by atoms with Crippen LogP contribution in [0.3, 0.4) is 0 Å². The van der Waals surface area contributed by atoms with Crippen molar-refractivity contribution in [3.05, 3.63) is 26.6 Å². The van der Waals surface area contributed by atoms with E-state index in [4.69, 9.17) is 20.2 Å². The summed E-state index contributed by atoms with van der Waals surface area (Å²) in [6.45, 7) is 9.22. The van der Waals surface area contributed by atoms with E-state index in [-0.39, 0.29) is 61.4 Å². The van der Waals surface area contributed by atoms with E-state index < -0.39 is 34.8 Å². The number of carbonyl (C=O) groups is 1. The van der Waals surface area contributed by atoms with E-state index in [1.165, 1.54) is 18.7 Å². The van der Waals surface area contributed by atoms with Crippen LogP contribution < -0.4 is 15.4 Å². The number of amides is 1. The van der Waals surface area contributed by atoms with Gasteiger partial charge in [0.1, 0.15) is 39.8 Å². The molecule has 0 aliphatic carbocycles. The largest absolute Gasteiger partial charge is 0.472 e. The number of nitrogen functional groups attached to an aromatic ring is 1. The van der Waals surface area contributed by atoms with Gasteiger partial charge in [-0.1, -0.05) is 11.8 Å². The first-order chi connectivity index (χ1) is 19.7. The minimum absolute atomic E-state index is 0.0291. The Kier molecular flexibility index (Phi) is 7.10. The van der Waals surface area contributed by atoms with Crippen molar-refractivity contribution in [3.8, 4) is 17.1 Å². The van der Waals surface area contributed by atoms with Crippen LogP contribution in [0.4, 0.5) is 29.5 Å². The number of aromatic nitrogens is 3. The SMILES string of the molecule is CSc1nc2c3c(nc(-c4c(F)c(N)c(F)c(C)c4I)c(F)c3n1)O[C@@H](C)[C@@H]1[C@@H]3CC[C@H](CN21)N3C(=O)OC(C)(C)C. The van der Waals surface area contributed by atoms with Gasteiger partial charge < -0.3 is 20.1 Å². The summed E-state index contributed by atoms with van der Waals surface area (Å²) in [6.07, 6.45) is 2.35. The van der Waals surface area contributed by atoms with Crippen LogP contribution in [-0.2, 0) is 4.74 Å². The van der Waals surface area contributed by atoms with Gasteiger partial charge in [0, 0.05) is 15.7 Å². The number of thioether (sulfide) groups is 1. The second-order valence-corrected chi connectivity index (χ2v) is 13.7. The first kappa shape index (κ1) is 29.3. The third-order valence-corrected chi connectivity index (χ3v) is 9.96. The van der Waals surface area contributed by atoms with Crippen LogP contribution in [0, 0.1) is 27.9 Å². The number of pyridine rings is 1. The number of anilines is 2. The molecule has 0 unspecified atom stereocenters. The molecule has 0 spiro atoms. The highest BCUT2D eigenvalue weighted by Gasteiger charge is 2.53. The van der Waals surface area contributed by atoms with E-state index in [1.807, 2.05) is 27.7 Å². The molecule has 14 heteroatoms. The predicted molar refractivity (Wildman–Crippen MR) is 162 cm³/mol. The van der Waals surface area contributed by atoms with Gasteiger partial charge in [0.05, 0.1) is 23.7 Å². The quantitative estimate of drug-likeness (QED) is 0.147. The minimum Gasteiger partial charge on any atom is -0.472 e. The molecule has 2 fully saturated rings. The van der Waals surface area contributed by atoms with Crippen LogP contribution in [0.15, 0.2) is 5.16 Å². The van der Waals surface area contributed by atoms with Gasteiger partial charge in [0.15, 0.2) is 22.6 Å². The van der Waals surface area contributed by atoms with Crippen molar-refractivity contribution in [1.82, 2.24) is 19.9 Å². The lowest BCUT2D eigenvalue weighted by Crippen LogP contribution is -2.65. The van der Waals surface area contributed by atoms with E-state index in [0.29, 0.717) is 17.5 Å². The Morgan fingerprint density at radius 2 is 1.86 bits per heavy atom. The first-order valence-electron chi connectivity index (χ1n) is 13.6. The van der Waals surface area contributed by atoms with Gasteiger partial charge >= 0.3 is 6.09 Å². The molecular formula is C28H30F3IN6O3S. The normalized spacial score (nSPS) is 23.1. The molecule has 3 aromatic rings. The van der Waals surface area contributed by atoms with Gasteiger partial charge in [0.25, 0.3) is 0 Å². The highest BCUT2D eigenvalue weighted by atomic mass is 127. The molecule has 6 rings (SSSR count). The Bertz CT molecular complexity index is 1630. The second kappa shape index (κ2) is 10.2. The van der Waals surface area contributed by atoms with Crippen LogP contribution in [-0.4, -0.2) is 68.6 Å². The van der Waals surface area contributed by atoms with Crippen LogP contribution in [0.25, 0.3) is 22.2 Å². The van der Waals surface area contributed by atoms with Gasteiger partial charge in [-0.3, -0.25) is 4.90 Å². The van der Waals surface area contributed by atoms with Gasteiger partial charge in [-0.25, -0.2) is 32.9 Å². The monoisotopic (exact) mass is 714 g/mol. The smallest absolute Gasteiger partial charge is 0.410 e. The molecule has 224 valence electrons. The van der Waals surface area contributed by atoms with Crippen molar-refractivity contribution in [1.29, 1.82) is 0 Å². The van der Waals surface area contributed by atoms with Crippen molar-refractivity contribution in [2.45, 2.75) is 82.4 Å². The van der Waals surface area contributed by atoms with Gasteiger partial charge in [-0.2, -0.15) is 0 Å². The summed E-state index contributed by atoms with van der Waals surface area (Å²) in [5.41, 5.74) is 3.70. The molecule has 4 atom stereocenters.